The van der Waals surface area contributed by atoms with Crippen molar-refractivity contribution in [1.82, 2.24) is 24.6 Å². The number of thiazole rings is 1. The van der Waals surface area contributed by atoms with Gasteiger partial charge in [-0.25, -0.2) is 9.67 Å². The monoisotopic (exact) mass is 488 g/mol. The molecule has 0 saturated carbocycles. The Hall–Kier alpha value is -3.20. The Kier molecular flexibility index (Phi) is 7.42. The van der Waals surface area contributed by atoms with E-state index in [1.165, 1.54) is 11.1 Å². The number of likely N-dealkylation sites (N-methyl/N-ethyl adjacent to an activating group) is 1. The van der Waals surface area contributed by atoms with Crippen molar-refractivity contribution in [2.45, 2.75) is 19.6 Å². The summed E-state index contributed by atoms with van der Waals surface area (Å²) >= 11 is 1.73. The topological polar surface area (TPSA) is 49.7 Å². The van der Waals surface area contributed by atoms with Gasteiger partial charge in [0.25, 0.3) is 0 Å². The highest BCUT2D eigenvalue weighted by Gasteiger charge is 2.18. The molecule has 35 heavy (non-hydrogen) atoms. The van der Waals surface area contributed by atoms with Crippen LogP contribution in [0.1, 0.15) is 16.8 Å². The number of aromatic nitrogens is 3. The molecule has 0 atom stereocenters. The normalized spacial score (nSPS) is 14.8. The van der Waals surface area contributed by atoms with Gasteiger partial charge in [-0.15, -0.1) is 11.3 Å². The molecule has 2 aromatic heterocycles. The number of hydrogen-bond donors (Lipinski definition) is 0. The molecule has 7 nitrogen and oxygen atoms in total. The van der Waals surface area contributed by atoms with Crippen molar-refractivity contribution in [3.63, 3.8) is 0 Å². The van der Waals surface area contributed by atoms with Gasteiger partial charge in [-0.1, -0.05) is 24.3 Å². The Morgan fingerprint density at radius 2 is 1.77 bits per heavy atom. The standard InChI is InChI=1S/C27H32N6OS/c1-30-13-15-31(16-14-30)20-24-21-35-27(29-24)32(19-23-5-3-6-26(17-23)34-2)18-22-7-9-25(10-8-22)33-12-4-11-28-33/h3-12,17,21H,13-16,18-20H2,1-2H3. The van der Waals surface area contributed by atoms with Gasteiger partial charge in [0.05, 0.1) is 18.5 Å². The summed E-state index contributed by atoms with van der Waals surface area (Å²) in [5, 5.41) is 7.60. The van der Waals surface area contributed by atoms with Gasteiger partial charge in [0.1, 0.15) is 5.75 Å². The summed E-state index contributed by atoms with van der Waals surface area (Å²) in [7, 11) is 3.90. The second-order valence-electron chi connectivity index (χ2n) is 9.03. The molecule has 0 amide bonds. The predicted octanol–water partition coefficient (Wildman–Crippen LogP) is 4.29. The van der Waals surface area contributed by atoms with Gasteiger partial charge in [0.2, 0.25) is 0 Å². The molecule has 1 fully saturated rings. The molecule has 0 radical (unpaired) electrons. The minimum absolute atomic E-state index is 0.763. The Balaban J connectivity index is 1.34. The fraction of sp³-hybridized carbons (Fsp3) is 0.333. The molecule has 8 heteroatoms. The molecule has 1 aliphatic rings. The van der Waals surface area contributed by atoms with Gasteiger partial charge >= 0.3 is 0 Å². The first kappa shape index (κ1) is 23.5. The van der Waals surface area contributed by atoms with E-state index in [-0.39, 0.29) is 0 Å². The van der Waals surface area contributed by atoms with E-state index in [2.05, 4.69) is 68.6 Å². The summed E-state index contributed by atoms with van der Waals surface area (Å²) in [6.07, 6.45) is 3.76. The number of piperazine rings is 1. The summed E-state index contributed by atoms with van der Waals surface area (Å²) < 4.78 is 7.33. The molecule has 0 unspecified atom stereocenters. The summed E-state index contributed by atoms with van der Waals surface area (Å²) in [4.78, 5) is 12.3. The molecule has 3 heterocycles. The van der Waals surface area contributed by atoms with Gasteiger partial charge in [-0.2, -0.15) is 5.10 Å². The van der Waals surface area contributed by atoms with E-state index < -0.39 is 0 Å². The number of nitrogens with zero attached hydrogens (tertiary/aromatic N) is 6. The molecule has 0 aliphatic carbocycles. The van der Waals surface area contributed by atoms with E-state index in [0.717, 1.165) is 68.1 Å². The second kappa shape index (κ2) is 11.0. The number of methoxy groups -OCH3 is 1. The second-order valence-corrected chi connectivity index (χ2v) is 9.86. The SMILES string of the molecule is COc1cccc(CN(Cc2ccc(-n3cccn3)cc2)c2nc(CN3CCN(C)CC3)cs2)c1. The molecular formula is C27H32N6OS. The van der Waals surface area contributed by atoms with Crippen molar-refractivity contribution >= 4 is 16.5 Å². The number of anilines is 1. The lowest BCUT2D eigenvalue weighted by atomic mass is 10.1. The minimum atomic E-state index is 0.763. The maximum atomic E-state index is 5.46. The predicted molar refractivity (Wildman–Crippen MR) is 141 cm³/mol. The Morgan fingerprint density at radius 1 is 0.971 bits per heavy atom. The first-order valence-electron chi connectivity index (χ1n) is 12.0. The van der Waals surface area contributed by atoms with Crippen molar-refractivity contribution < 1.29 is 4.74 Å². The number of rotatable bonds is 9. The van der Waals surface area contributed by atoms with Gasteiger partial charge in [-0.05, 0) is 48.5 Å². The number of ether oxygens (including phenoxy) is 1. The highest BCUT2D eigenvalue weighted by Crippen LogP contribution is 2.27. The zero-order valence-electron chi connectivity index (χ0n) is 20.4. The van der Waals surface area contributed by atoms with Crippen molar-refractivity contribution in [3.8, 4) is 11.4 Å². The largest absolute Gasteiger partial charge is 0.497 e. The fourth-order valence-electron chi connectivity index (χ4n) is 4.33. The van der Waals surface area contributed by atoms with E-state index >= 15 is 0 Å². The van der Waals surface area contributed by atoms with Crippen LogP contribution in [0.25, 0.3) is 5.69 Å². The lowest BCUT2D eigenvalue weighted by Crippen LogP contribution is -2.43. The maximum Gasteiger partial charge on any atom is 0.186 e. The zero-order valence-corrected chi connectivity index (χ0v) is 21.2. The van der Waals surface area contributed by atoms with Crippen molar-refractivity contribution in [1.29, 1.82) is 0 Å². The minimum Gasteiger partial charge on any atom is -0.497 e. The third-order valence-electron chi connectivity index (χ3n) is 6.38. The number of hydrogen-bond acceptors (Lipinski definition) is 7. The van der Waals surface area contributed by atoms with Crippen molar-refractivity contribution in [3.05, 3.63) is 89.2 Å². The third-order valence-corrected chi connectivity index (χ3v) is 7.33. The average molecular weight is 489 g/mol. The lowest BCUT2D eigenvalue weighted by molar-refractivity contribution is 0.147. The number of benzene rings is 2. The van der Waals surface area contributed by atoms with Crippen molar-refractivity contribution in [2.75, 3.05) is 45.2 Å². The van der Waals surface area contributed by atoms with Crippen LogP contribution in [0.4, 0.5) is 5.13 Å². The first-order chi connectivity index (χ1) is 17.2. The maximum absolute atomic E-state index is 5.46. The molecule has 0 spiro atoms. The van der Waals surface area contributed by atoms with Crippen LogP contribution in [0.15, 0.2) is 72.4 Å². The van der Waals surface area contributed by atoms with Crippen LogP contribution in [0, 0.1) is 0 Å². The third kappa shape index (κ3) is 6.08. The van der Waals surface area contributed by atoms with Gasteiger partial charge in [0, 0.05) is 63.6 Å². The Labute approximate surface area is 211 Å². The van der Waals surface area contributed by atoms with Gasteiger partial charge < -0.3 is 14.5 Å². The van der Waals surface area contributed by atoms with E-state index in [4.69, 9.17) is 9.72 Å². The summed E-state index contributed by atoms with van der Waals surface area (Å²) in [6, 6.07) is 18.8. The van der Waals surface area contributed by atoms with Crippen LogP contribution < -0.4 is 9.64 Å². The molecular weight excluding hydrogens is 456 g/mol. The highest BCUT2D eigenvalue weighted by atomic mass is 32.1. The molecule has 5 rings (SSSR count). The first-order valence-corrected chi connectivity index (χ1v) is 12.9. The van der Waals surface area contributed by atoms with E-state index in [1.807, 2.05) is 29.1 Å². The quantitative estimate of drug-likeness (QED) is 0.350. The van der Waals surface area contributed by atoms with Crippen LogP contribution in [-0.4, -0.2) is 64.9 Å². The lowest BCUT2D eigenvalue weighted by Gasteiger charge is -2.31. The van der Waals surface area contributed by atoms with Crippen LogP contribution in [0.3, 0.4) is 0 Å². The van der Waals surface area contributed by atoms with E-state index in [0.29, 0.717) is 0 Å². The molecule has 1 saturated heterocycles. The van der Waals surface area contributed by atoms with Crippen LogP contribution in [0.5, 0.6) is 5.75 Å². The zero-order chi connectivity index (χ0) is 24.0. The molecule has 2 aromatic carbocycles. The van der Waals surface area contributed by atoms with Gasteiger partial charge in [0.15, 0.2) is 5.13 Å². The van der Waals surface area contributed by atoms with E-state index in [9.17, 15) is 0 Å². The summed E-state index contributed by atoms with van der Waals surface area (Å²) in [5.74, 6) is 0.876. The fourth-order valence-corrected chi connectivity index (χ4v) is 5.14. The molecule has 4 aromatic rings. The highest BCUT2D eigenvalue weighted by molar-refractivity contribution is 7.13. The van der Waals surface area contributed by atoms with Gasteiger partial charge in [-0.3, -0.25) is 4.90 Å². The van der Waals surface area contributed by atoms with Crippen LogP contribution in [0.2, 0.25) is 0 Å². The molecule has 1 aliphatic heterocycles. The van der Waals surface area contributed by atoms with Crippen LogP contribution >= 0.6 is 11.3 Å². The Bertz CT molecular complexity index is 1200. The molecule has 182 valence electrons. The van der Waals surface area contributed by atoms with Crippen molar-refractivity contribution in [2.24, 2.45) is 0 Å². The summed E-state index contributed by atoms with van der Waals surface area (Å²) in [6.45, 7) is 6.88. The molecule has 0 N–H and O–H groups in total. The van der Waals surface area contributed by atoms with E-state index in [1.54, 1.807) is 24.6 Å². The molecule has 0 bridgehead atoms. The van der Waals surface area contributed by atoms with Crippen LogP contribution in [-0.2, 0) is 19.6 Å². The Morgan fingerprint density at radius 3 is 2.51 bits per heavy atom. The summed E-state index contributed by atoms with van der Waals surface area (Å²) in [5.41, 5.74) is 4.65. The smallest absolute Gasteiger partial charge is 0.186 e. The average Bonchev–Trinajstić information content (AvgIpc) is 3.59.